The largest absolute Gasteiger partial charge is 0.352 e. The van der Waals surface area contributed by atoms with Gasteiger partial charge in [0, 0.05) is 13.1 Å². The maximum atomic E-state index is 13.2. The van der Waals surface area contributed by atoms with Crippen LogP contribution in [0.3, 0.4) is 0 Å². The molecule has 7 nitrogen and oxygen atoms in total. The molecule has 1 saturated carbocycles. The Morgan fingerprint density at radius 3 is 2.41 bits per heavy atom. The van der Waals surface area contributed by atoms with Crippen LogP contribution in [0.1, 0.15) is 42.5 Å². The van der Waals surface area contributed by atoms with Gasteiger partial charge in [0.2, 0.25) is 5.91 Å². The summed E-state index contributed by atoms with van der Waals surface area (Å²) in [6.45, 7) is -0.238. The van der Waals surface area contributed by atoms with Gasteiger partial charge >= 0.3 is 0 Å². The molecule has 3 rings (SSSR count). The molecule has 1 fully saturated rings. The topological polar surface area (TPSA) is 95.6 Å². The third kappa shape index (κ3) is 5.77. The van der Waals surface area contributed by atoms with E-state index >= 15 is 0 Å². The Morgan fingerprint density at radius 1 is 1.09 bits per heavy atom. The number of carbonyl (C=O) groups is 2. The predicted octanol–water partition coefficient (Wildman–Crippen LogP) is 3.48. The normalized spacial score (nSPS) is 14.6. The summed E-state index contributed by atoms with van der Waals surface area (Å²) >= 11 is 6.11. The Hall–Kier alpha value is -2.65. The minimum Gasteiger partial charge on any atom is -0.352 e. The van der Waals surface area contributed by atoms with Gasteiger partial charge in [-0.15, -0.1) is 0 Å². The first-order valence-electron chi connectivity index (χ1n) is 10.3. The minimum atomic E-state index is -4.04. The highest BCUT2D eigenvalue weighted by molar-refractivity contribution is 7.92. The Kier molecular flexibility index (Phi) is 7.73. The van der Waals surface area contributed by atoms with Crippen molar-refractivity contribution in [3.05, 3.63) is 58.9 Å². The molecule has 0 aromatic heterocycles. The van der Waals surface area contributed by atoms with Crippen molar-refractivity contribution in [2.24, 2.45) is 0 Å². The first-order valence-corrected chi connectivity index (χ1v) is 12.1. The molecule has 172 valence electrons. The number of hydrogen-bond acceptors (Lipinski definition) is 4. The number of anilines is 1. The van der Waals surface area contributed by atoms with Crippen LogP contribution in [-0.4, -0.2) is 39.9 Å². The average Bonchev–Trinajstić information content (AvgIpc) is 2.78. The first-order chi connectivity index (χ1) is 15.2. The number of nitrogens with zero attached hydrogens (tertiary/aromatic N) is 1. The maximum absolute atomic E-state index is 13.2. The predicted molar refractivity (Wildman–Crippen MR) is 121 cm³/mol. The highest BCUT2D eigenvalue weighted by atomic mass is 35.5. The van der Waals surface area contributed by atoms with Crippen LogP contribution in [0.5, 0.6) is 0 Å². The summed E-state index contributed by atoms with van der Waals surface area (Å²) in [4.78, 5) is 24.6. The molecule has 2 aromatic rings. The summed E-state index contributed by atoms with van der Waals surface area (Å²) in [5.41, 5.74) is 0.192. The van der Waals surface area contributed by atoms with Crippen molar-refractivity contribution in [2.75, 3.05) is 17.9 Å². The van der Waals surface area contributed by atoms with E-state index in [-0.39, 0.29) is 39.7 Å². The zero-order valence-corrected chi connectivity index (χ0v) is 19.2. The van der Waals surface area contributed by atoms with Crippen LogP contribution >= 0.6 is 11.6 Å². The van der Waals surface area contributed by atoms with Crippen LogP contribution in [0.4, 0.5) is 10.1 Å². The fraction of sp³-hybridized carbons (Fsp3) is 0.364. The highest BCUT2D eigenvalue weighted by Crippen LogP contribution is 2.26. The quantitative estimate of drug-likeness (QED) is 0.632. The number of sulfonamides is 1. The SMILES string of the molecule is CN(c1ccc(F)cc1)S(=O)(=O)c1ccc(Cl)c(C(=O)NCC(=O)NC2CCCCC2)c1. The monoisotopic (exact) mass is 481 g/mol. The van der Waals surface area contributed by atoms with Crippen molar-refractivity contribution in [2.45, 2.75) is 43.0 Å². The van der Waals surface area contributed by atoms with Gasteiger partial charge in [-0.3, -0.25) is 13.9 Å². The van der Waals surface area contributed by atoms with Crippen LogP contribution in [-0.2, 0) is 14.8 Å². The summed E-state index contributed by atoms with van der Waals surface area (Å²) in [6.07, 6.45) is 5.15. The van der Waals surface area contributed by atoms with Gasteiger partial charge in [0.05, 0.1) is 27.7 Å². The Balaban J connectivity index is 1.70. The lowest BCUT2D eigenvalue weighted by molar-refractivity contribution is -0.121. The van der Waals surface area contributed by atoms with Crippen molar-refractivity contribution in [3.63, 3.8) is 0 Å². The van der Waals surface area contributed by atoms with Crippen molar-refractivity contribution in [3.8, 4) is 0 Å². The molecule has 10 heteroatoms. The van der Waals surface area contributed by atoms with E-state index in [4.69, 9.17) is 11.6 Å². The zero-order valence-electron chi connectivity index (χ0n) is 17.6. The van der Waals surface area contributed by atoms with E-state index in [0.29, 0.717) is 0 Å². The fourth-order valence-electron chi connectivity index (χ4n) is 3.57. The minimum absolute atomic E-state index is 0.0542. The van der Waals surface area contributed by atoms with E-state index in [1.165, 1.54) is 31.3 Å². The van der Waals surface area contributed by atoms with Gasteiger partial charge in [0.1, 0.15) is 5.82 Å². The molecule has 0 bridgehead atoms. The molecular weight excluding hydrogens is 457 g/mol. The summed E-state index contributed by atoms with van der Waals surface area (Å²) in [5, 5.41) is 5.44. The molecule has 1 aliphatic carbocycles. The standard InChI is InChI=1S/C22H25ClFN3O4S/c1-27(17-9-7-15(24)8-10-17)32(30,31)18-11-12-20(23)19(13-18)22(29)25-14-21(28)26-16-5-3-2-4-6-16/h7-13,16H,2-6,14H2,1H3,(H,25,29)(H,26,28). The van der Waals surface area contributed by atoms with Crippen molar-refractivity contribution >= 4 is 39.1 Å². The van der Waals surface area contributed by atoms with Crippen LogP contribution < -0.4 is 14.9 Å². The van der Waals surface area contributed by atoms with Gasteiger partial charge in [-0.1, -0.05) is 30.9 Å². The fourth-order valence-corrected chi connectivity index (χ4v) is 4.99. The lowest BCUT2D eigenvalue weighted by atomic mass is 9.95. The number of amides is 2. The Bertz CT molecular complexity index is 1090. The van der Waals surface area contributed by atoms with E-state index in [2.05, 4.69) is 10.6 Å². The van der Waals surface area contributed by atoms with E-state index < -0.39 is 21.7 Å². The molecule has 1 aliphatic rings. The molecule has 2 N–H and O–H groups in total. The number of benzene rings is 2. The van der Waals surface area contributed by atoms with Gasteiger partial charge in [0.15, 0.2) is 0 Å². The van der Waals surface area contributed by atoms with Crippen LogP contribution in [0.25, 0.3) is 0 Å². The van der Waals surface area contributed by atoms with Gasteiger partial charge in [-0.2, -0.15) is 0 Å². The molecule has 32 heavy (non-hydrogen) atoms. The molecule has 0 atom stereocenters. The molecule has 2 amide bonds. The second-order valence-corrected chi connectivity index (χ2v) is 10.1. The van der Waals surface area contributed by atoms with Gasteiger partial charge in [0.25, 0.3) is 15.9 Å². The van der Waals surface area contributed by atoms with Crippen molar-refractivity contribution < 1.29 is 22.4 Å². The number of rotatable bonds is 7. The second kappa shape index (κ2) is 10.3. The number of carbonyl (C=O) groups excluding carboxylic acids is 2. The lowest BCUT2D eigenvalue weighted by Crippen LogP contribution is -2.42. The first kappa shape index (κ1) is 24.0. The van der Waals surface area contributed by atoms with Crippen LogP contribution in [0.15, 0.2) is 47.4 Å². The van der Waals surface area contributed by atoms with Gasteiger partial charge in [-0.25, -0.2) is 12.8 Å². The molecule has 0 aliphatic heterocycles. The average molecular weight is 482 g/mol. The van der Waals surface area contributed by atoms with E-state index in [9.17, 15) is 22.4 Å². The smallest absolute Gasteiger partial charge is 0.264 e. The summed E-state index contributed by atoms with van der Waals surface area (Å²) < 4.78 is 40.1. The van der Waals surface area contributed by atoms with Crippen molar-refractivity contribution in [1.82, 2.24) is 10.6 Å². The molecule has 0 radical (unpaired) electrons. The Morgan fingerprint density at radius 2 is 1.75 bits per heavy atom. The number of halogens is 2. The van der Waals surface area contributed by atoms with E-state index in [0.717, 1.165) is 54.6 Å². The van der Waals surface area contributed by atoms with E-state index in [1.807, 2.05) is 0 Å². The third-order valence-electron chi connectivity index (χ3n) is 5.41. The molecular formula is C22H25ClFN3O4S. The third-order valence-corrected chi connectivity index (χ3v) is 7.52. The molecule has 0 heterocycles. The number of nitrogens with one attached hydrogen (secondary N) is 2. The molecule has 0 unspecified atom stereocenters. The molecule has 0 spiro atoms. The van der Waals surface area contributed by atoms with Crippen LogP contribution in [0.2, 0.25) is 5.02 Å². The summed E-state index contributed by atoms with van der Waals surface area (Å²) in [5.74, 6) is -1.45. The number of hydrogen-bond donors (Lipinski definition) is 2. The summed E-state index contributed by atoms with van der Waals surface area (Å²) in [6, 6.07) is 8.84. The van der Waals surface area contributed by atoms with Crippen LogP contribution in [0, 0.1) is 5.82 Å². The van der Waals surface area contributed by atoms with Gasteiger partial charge < -0.3 is 10.6 Å². The zero-order chi connectivity index (χ0) is 23.3. The maximum Gasteiger partial charge on any atom is 0.264 e. The second-order valence-electron chi connectivity index (χ2n) is 7.68. The molecule has 0 saturated heterocycles. The van der Waals surface area contributed by atoms with Crippen molar-refractivity contribution in [1.29, 1.82) is 0 Å². The van der Waals surface area contributed by atoms with Gasteiger partial charge in [-0.05, 0) is 55.3 Å². The summed E-state index contributed by atoms with van der Waals surface area (Å²) in [7, 11) is -2.71. The lowest BCUT2D eigenvalue weighted by Gasteiger charge is -2.22. The molecule has 2 aromatic carbocycles. The Labute approximate surface area is 192 Å². The highest BCUT2D eigenvalue weighted by Gasteiger charge is 2.24. The van der Waals surface area contributed by atoms with E-state index in [1.54, 1.807) is 0 Å².